The highest BCUT2D eigenvalue weighted by Crippen LogP contribution is 2.31. The Kier molecular flexibility index (Phi) is 3.30. The number of aliphatic hydroxyl groups is 1. The van der Waals surface area contributed by atoms with Crippen molar-refractivity contribution in [2.24, 2.45) is 0 Å². The summed E-state index contributed by atoms with van der Waals surface area (Å²) in [5.41, 5.74) is 0.871. The lowest BCUT2D eigenvalue weighted by atomic mass is 10.00. The van der Waals surface area contributed by atoms with Crippen LogP contribution in [-0.4, -0.2) is 44.2 Å². The summed E-state index contributed by atoms with van der Waals surface area (Å²) in [6.45, 7) is 2.59. The molecule has 1 unspecified atom stereocenters. The first-order chi connectivity index (χ1) is 9.57. The Balaban J connectivity index is 2.05. The van der Waals surface area contributed by atoms with E-state index in [2.05, 4.69) is 21.0 Å². The average Bonchev–Trinajstić information content (AvgIpc) is 3.03. The van der Waals surface area contributed by atoms with E-state index in [0.717, 1.165) is 22.8 Å². The summed E-state index contributed by atoms with van der Waals surface area (Å²) in [6.07, 6.45) is 5.16. The zero-order chi connectivity index (χ0) is 14.3. The van der Waals surface area contributed by atoms with E-state index in [1.807, 2.05) is 25.3 Å². The number of rotatable bonds is 2. The van der Waals surface area contributed by atoms with E-state index in [1.54, 1.807) is 15.6 Å². The Labute approximate surface area is 125 Å². The summed E-state index contributed by atoms with van der Waals surface area (Å²) >= 11 is 3.47. The Morgan fingerprint density at radius 1 is 1.60 bits per heavy atom. The molecule has 3 rings (SSSR count). The largest absolute Gasteiger partial charge is 0.394 e. The van der Waals surface area contributed by atoms with Gasteiger partial charge in [-0.15, -0.1) is 0 Å². The SMILES string of the molecule is CC1(CO)CCCN1C(=O)c1cnn2cccc(Br)c12. The minimum absolute atomic E-state index is 0.0148. The van der Waals surface area contributed by atoms with E-state index < -0.39 is 5.54 Å². The number of carbonyl (C=O) groups is 1. The molecule has 1 amide bonds. The first-order valence-corrected chi connectivity index (χ1v) is 7.41. The maximum Gasteiger partial charge on any atom is 0.258 e. The minimum Gasteiger partial charge on any atom is -0.394 e. The molecule has 0 saturated carbocycles. The number of carbonyl (C=O) groups excluding carboxylic acids is 1. The summed E-state index contributed by atoms with van der Waals surface area (Å²) in [4.78, 5) is 14.6. The van der Waals surface area contributed by atoms with Gasteiger partial charge in [-0.05, 0) is 47.8 Å². The summed E-state index contributed by atoms with van der Waals surface area (Å²) in [7, 11) is 0. The third-order valence-corrected chi connectivity index (χ3v) is 4.70. The van der Waals surface area contributed by atoms with Gasteiger partial charge in [-0.3, -0.25) is 4.79 Å². The van der Waals surface area contributed by atoms with Crippen LogP contribution in [0.2, 0.25) is 0 Å². The smallest absolute Gasteiger partial charge is 0.258 e. The number of fused-ring (bicyclic) bond motifs is 1. The quantitative estimate of drug-likeness (QED) is 0.912. The van der Waals surface area contributed by atoms with Crippen molar-refractivity contribution in [2.75, 3.05) is 13.2 Å². The van der Waals surface area contributed by atoms with Crippen molar-refractivity contribution in [3.8, 4) is 0 Å². The second-order valence-electron chi connectivity index (χ2n) is 5.42. The van der Waals surface area contributed by atoms with Crippen LogP contribution in [0, 0.1) is 0 Å². The van der Waals surface area contributed by atoms with Gasteiger partial charge in [0.25, 0.3) is 5.91 Å². The molecule has 0 radical (unpaired) electrons. The van der Waals surface area contributed by atoms with Crippen molar-refractivity contribution in [1.82, 2.24) is 14.5 Å². The number of pyridine rings is 1. The normalized spacial score (nSPS) is 22.6. The van der Waals surface area contributed by atoms with Gasteiger partial charge in [0.1, 0.15) is 0 Å². The number of nitrogens with zero attached hydrogens (tertiary/aromatic N) is 3. The summed E-state index contributed by atoms with van der Waals surface area (Å²) in [6, 6.07) is 3.76. The van der Waals surface area contributed by atoms with Crippen molar-refractivity contribution >= 4 is 27.4 Å². The molecule has 20 heavy (non-hydrogen) atoms. The van der Waals surface area contributed by atoms with Gasteiger partial charge in [0, 0.05) is 17.2 Å². The molecule has 106 valence electrons. The predicted octanol–water partition coefficient (Wildman–Crippen LogP) is 2.08. The molecule has 0 aliphatic carbocycles. The van der Waals surface area contributed by atoms with Gasteiger partial charge in [0.2, 0.25) is 0 Å². The number of halogens is 1. The Morgan fingerprint density at radius 3 is 3.15 bits per heavy atom. The lowest BCUT2D eigenvalue weighted by molar-refractivity contribution is 0.0474. The van der Waals surface area contributed by atoms with Gasteiger partial charge in [0.05, 0.1) is 29.4 Å². The fraction of sp³-hybridized carbons (Fsp3) is 0.429. The molecule has 1 fully saturated rings. The van der Waals surface area contributed by atoms with E-state index in [4.69, 9.17) is 0 Å². The van der Waals surface area contributed by atoms with E-state index in [0.29, 0.717) is 12.1 Å². The molecular weight excluding hydrogens is 322 g/mol. The first kappa shape index (κ1) is 13.6. The van der Waals surface area contributed by atoms with E-state index in [-0.39, 0.29) is 12.5 Å². The molecule has 1 aliphatic heterocycles. The van der Waals surface area contributed by atoms with Crippen molar-refractivity contribution in [1.29, 1.82) is 0 Å². The molecule has 0 bridgehead atoms. The molecule has 1 aliphatic rings. The third kappa shape index (κ3) is 1.94. The van der Waals surface area contributed by atoms with Gasteiger partial charge in [-0.25, -0.2) is 4.52 Å². The monoisotopic (exact) mass is 337 g/mol. The number of hydrogen-bond acceptors (Lipinski definition) is 3. The lowest BCUT2D eigenvalue weighted by Gasteiger charge is -2.33. The zero-order valence-electron chi connectivity index (χ0n) is 11.2. The van der Waals surface area contributed by atoms with Gasteiger partial charge in [0.15, 0.2) is 0 Å². The molecule has 2 aromatic rings. The predicted molar refractivity (Wildman–Crippen MR) is 78.7 cm³/mol. The second-order valence-corrected chi connectivity index (χ2v) is 6.28. The molecule has 1 saturated heterocycles. The van der Waals surface area contributed by atoms with Crippen LogP contribution >= 0.6 is 15.9 Å². The molecule has 2 aromatic heterocycles. The van der Waals surface area contributed by atoms with Gasteiger partial charge in [-0.2, -0.15) is 5.10 Å². The van der Waals surface area contributed by atoms with Crippen LogP contribution < -0.4 is 0 Å². The van der Waals surface area contributed by atoms with Crippen molar-refractivity contribution in [3.05, 3.63) is 34.6 Å². The second kappa shape index (κ2) is 4.86. The molecule has 6 heteroatoms. The van der Waals surface area contributed by atoms with E-state index in [9.17, 15) is 9.90 Å². The van der Waals surface area contributed by atoms with E-state index >= 15 is 0 Å². The summed E-state index contributed by atoms with van der Waals surface area (Å²) < 4.78 is 2.52. The molecular formula is C14H16BrN3O2. The zero-order valence-corrected chi connectivity index (χ0v) is 12.8. The fourth-order valence-electron chi connectivity index (χ4n) is 2.84. The maximum absolute atomic E-state index is 12.8. The summed E-state index contributed by atoms with van der Waals surface area (Å²) in [5, 5.41) is 13.8. The van der Waals surface area contributed by atoms with Crippen LogP contribution in [0.25, 0.3) is 5.52 Å². The third-order valence-electron chi connectivity index (χ3n) is 4.06. The van der Waals surface area contributed by atoms with Crippen molar-refractivity contribution < 1.29 is 9.90 Å². The molecule has 0 spiro atoms. The fourth-order valence-corrected chi connectivity index (χ4v) is 3.39. The van der Waals surface area contributed by atoms with Gasteiger partial charge in [-0.1, -0.05) is 0 Å². The minimum atomic E-state index is -0.466. The first-order valence-electron chi connectivity index (χ1n) is 6.61. The topological polar surface area (TPSA) is 57.8 Å². The average molecular weight is 338 g/mol. The molecule has 3 heterocycles. The number of amides is 1. The van der Waals surface area contributed by atoms with Crippen LogP contribution in [-0.2, 0) is 0 Å². The van der Waals surface area contributed by atoms with Gasteiger partial charge < -0.3 is 10.0 Å². The summed E-state index contributed by atoms with van der Waals surface area (Å²) in [5.74, 6) is -0.0686. The number of aliphatic hydroxyl groups excluding tert-OH is 1. The molecule has 1 atom stereocenters. The van der Waals surface area contributed by atoms with E-state index in [1.165, 1.54) is 0 Å². The highest BCUT2D eigenvalue weighted by molar-refractivity contribution is 9.10. The molecule has 1 N–H and O–H groups in total. The Morgan fingerprint density at radius 2 is 2.40 bits per heavy atom. The van der Waals surface area contributed by atoms with Crippen molar-refractivity contribution in [2.45, 2.75) is 25.3 Å². The van der Waals surface area contributed by atoms with Crippen LogP contribution in [0.4, 0.5) is 0 Å². The van der Waals surface area contributed by atoms with Crippen LogP contribution in [0.3, 0.4) is 0 Å². The maximum atomic E-state index is 12.8. The highest BCUT2D eigenvalue weighted by Gasteiger charge is 2.40. The van der Waals surface area contributed by atoms with Crippen molar-refractivity contribution in [3.63, 3.8) is 0 Å². The lowest BCUT2D eigenvalue weighted by Crippen LogP contribution is -2.47. The standard InChI is InChI=1S/C14H16BrN3O2/c1-14(9-19)5-3-6-17(14)13(20)10-8-16-18-7-2-4-11(15)12(10)18/h2,4,7-8,19H,3,5-6,9H2,1H3. The Hall–Kier alpha value is -1.40. The number of aromatic nitrogens is 2. The molecule has 0 aromatic carbocycles. The van der Waals surface area contributed by atoms with Crippen LogP contribution in [0.5, 0.6) is 0 Å². The highest BCUT2D eigenvalue weighted by atomic mass is 79.9. The van der Waals surface area contributed by atoms with Crippen LogP contribution in [0.15, 0.2) is 29.0 Å². The number of hydrogen-bond donors (Lipinski definition) is 1. The van der Waals surface area contributed by atoms with Crippen LogP contribution in [0.1, 0.15) is 30.1 Å². The number of likely N-dealkylation sites (tertiary alicyclic amines) is 1. The molecule has 5 nitrogen and oxygen atoms in total. The Bertz CT molecular complexity index is 669. The van der Waals surface area contributed by atoms with Gasteiger partial charge >= 0.3 is 0 Å².